The van der Waals surface area contributed by atoms with Gasteiger partial charge < -0.3 is 21.1 Å². The number of likely N-dealkylation sites (tertiary alicyclic amines) is 1. The van der Waals surface area contributed by atoms with E-state index < -0.39 is 11.5 Å². The third-order valence-electron chi connectivity index (χ3n) is 6.55. The summed E-state index contributed by atoms with van der Waals surface area (Å²) in [4.78, 5) is 31.0. The number of nitrogens with two attached hydrogens (primary N) is 1. The van der Waals surface area contributed by atoms with Crippen molar-refractivity contribution >= 4 is 23.0 Å². The molecule has 2 atom stereocenters. The minimum absolute atomic E-state index is 0.0274. The van der Waals surface area contributed by atoms with Gasteiger partial charge in [-0.15, -0.1) is 0 Å². The normalized spacial score (nSPS) is 18.8. The Kier molecular flexibility index (Phi) is 6.31. The van der Waals surface area contributed by atoms with Crippen molar-refractivity contribution in [3.63, 3.8) is 0 Å². The number of rotatable bonds is 6. The first kappa shape index (κ1) is 23.7. The van der Waals surface area contributed by atoms with Crippen LogP contribution in [0.25, 0.3) is 16.6 Å². The van der Waals surface area contributed by atoms with Crippen LogP contribution in [0.4, 0.5) is 5.69 Å². The van der Waals surface area contributed by atoms with Crippen molar-refractivity contribution in [2.45, 2.75) is 52.2 Å². The number of aryl methyl sites for hydroxylation is 1. The lowest BCUT2D eigenvalue weighted by molar-refractivity contribution is -0.149. The molecule has 1 aliphatic rings. The Balaban J connectivity index is 1.67. The number of aromatic nitrogens is 3. The van der Waals surface area contributed by atoms with Crippen LogP contribution in [0.1, 0.15) is 49.7 Å². The number of hydrogen-bond donors (Lipinski definition) is 3. The van der Waals surface area contributed by atoms with Crippen molar-refractivity contribution in [2.24, 2.45) is 11.7 Å². The summed E-state index contributed by atoms with van der Waals surface area (Å²) in [7, 11) is 0. The van der Waals surface area contributed by atoms with E-state index in [1.807, 2.05) is 37.5 Å². The zero-order valence-corrected chi connectivity index (χ0v) is 20.1. The maximum absolute atomic E-state index is 12.6. The van der Waals surface area contributed by atoms with E-state index in [2.05, 4.69) is 22.3 Å². The molecule has 0 radical (unpaired) electrons. The van der Waals surface area contributed by atoms with Crippen LogP contribution in [0, 0.1) is 12.8 Å². The molecular formula is C25H32N6O3. The third kappa shape index (κ3) is 4.61. The maximum atomic E-state index is 12.6. The molecule has 1 aliphatic heterocycles. The number of carbonyl (C=O) groups is 2. The molecule has 9 nitrogen and oxygen atoms in total. The molecule has 1 fully saturated rings. The second-order valence-corrected chi connectivity index (χ2v) is 9.56. The Morgan fingerprint density at radius 2 is 2.03 bits per heavy atom. The summed E-state index contributed by atoms with van der Waals surface area (Å²) in [6, 6.07) is 5.96. The smallest absolute Gasteiger partial charge is 0.253 e. The lowest BCUT2D eigenvalue weighted by atomic mass is 9.88. The first-order valence-corrected chi connectivity index (χ1v) is 11.6. The van der Waals surface area contributed by atoms with Crippen molar-refractivity contribution in [3.05, 3.63) is 48.0 Å². The summed E-state index contributed by atoms with van der Waals surface area (Å²) >= 11 is 0. The second-order valence-electron chi connectivity index (χ2n) is 9.56. The highest BCUT2D eigenvalue weighted by molar-refractivity contribution is 6.02. The molecule has 1 saturated heterocycles. The highest BCUT2D eigenvalue weighted by Gasteiger charge is 2.36. The maximum Gasteiger partial charge on any atom is 0.253 e. The molecule has 3 aromatic heterocycles. The number of nitrogens with one attached hydrogen (secondary N) is 1. The molecule has 4 rings (SSSR count). The highest BCUT2D eigenvalue weighted by atomic mass is 16.3. The number of aliphatic hydroxyl groups is 1. The quantitative estimate of drug-likeness (QED) is 0.515. The number of pyridine rings is 1. The Bertz CT molecular complexity index is 1210. The van der Waals surface area contributed by atoms with Gasteiger partial charge >= 0.3 is 0 Å². The molecule has 180 valence electrons. The van der Waals surface area contributed by atoms with Gasteiger partial charge in [-0.25, -0.2) is 4.52 Å². The van der Waals surface area contributed by atoms with E-state index in [1.165, 1.54) is 20.0 Å². The van der Waals surface area contributed by atoms with Crippen LogP contribution in [0.15, 0.2) is 36.8 Å². The number of hydrogen-bond acceptors (Lipinski definition) is 6. The van der Waals surface area contributed by atoms with Gasteiger partial charge in [0.25, 0.3) is 11.8 Å². The molecule has 0 unspecified atom stereocenters. The molecule has 2 amide bonds. The molecule has 34 heavy (non-hydrogen) atoms. The summed E-state index contributed by atoms with van der Waals surface area (Å²) < 4.78 is 1.73. The lowest BCUT2D eigenvalue weighted by Gasteiger charge is -2.41. The third-order valence-corrected chi connectivity index (χ3v) is 6.55. The summed E-state index contributed by atoms with van der Waals surface area (Å²) in [6.45, 7) is 8.10. The van der Waals surface area contributed by atoms with Gasteiger partial charge in [0.2, 0.25) is 0 Å². The Labute approximate surface area is 199 Å². The average molecular weight is 465 g/mol. The van der Waals surface area contributed by atoms with Crippen LogP contribution in [0.2, 0.25) is 0 Å². The van der Waals surface area contributed by atoms with Crippen molar-refractivity contribution in [3.8, 4) is 11.1 Å². The monoisotopic (exact) mass is 464 g/mol. The van der Waals surface area contributed by atoms with E-state index in [-0.39, 0.29) is 17.9 Å². The molecule has 0 bridgehead atoms. The van der Waals surface area contributed by atoms with Crippen LogP contribution < -0.4 is 11.1 Å². The van der Waals surface area contributed by atoms with Gasteiger partial charge in [-0.3, -0.25) is 14.6 Å². The molecule has 0 aliphatic carbocycles. The van der Waals surface area contributed by atoms with Crippen LogP contribution in [0.3, 0.4) is 0 Å². The molecule has 0 saturated carbocycles. The predicted molar refractivity (Wildman–Crippen MR) is 130 cm³/mol. The van der Waals surface area contributed by atoms with Crippen LogP contribution in [-0.2, 0) is 4.79 Å². The molecule has 0 spiro atoms. The van der Waals surface area contributed by atoms with Crippen LogP contribution in [-0.4, -0.2) is 61.2 Å². The van der Waals surface area contributed by atoms with E-state index in [0.717, 1.165) is 28.8 Å². The number of fused-ring (bicyclic) bond motifs is 1. The SMILES string of the molecule is CC[C@@H]1CN(C(=O)C(C)(C)O)CC[C@H]1Nc1c(C(N)=O)cnn2cc(-c3ccc(C)nc3)cc12. The van der Waals surface area contributed by atoms with Gasteiger partial charge in [0.1, 0.15) is 5.60 Å². The summed E-state index contributed by atoms with van der Waals surface area (Å²) in [5.41, 5.74) is 8.83. The van der Waals surface area contributed by atoms with Gasteiger partial charge in [0, 0.05) is 48.3 Å². The molecule has 4 N–H and O–H groups in total. The number of piperidine rings is 1. The van der Waals surface area contributed by atoms with Gasteiger partial charge in [-0.1, -0.05) is 13.0 Å². The topological polar surface area (TPSA) is 126 Å². The minimum atomic E-state index is -1.40. The number of carbonyl (C=O) groups excluding carboxylic acids is 2. The number of primary amides is 1. The fourth-order valence-electron chi connectivity index (χ4n) is 4.58. The number of nitrogens with zero attached hydrogens (tertiary/aromatic N) is 4. The van der Waals surface area contributed by atoms with Crippen molar-refractivity contribution in [1.29, 1.82) is 0 Å². The van der Waals surface area contributed by atoms with Crippen molar-refractivity contribution in [2.75, 3.05) is 18.4 Å². The minimum Gasteiger partial charge on any atom is -0.381 e. The highest BCUT2D eigenvalue weighted by Crippen LogP contribution is 2.32. The fraction of sp³-hybridized carbons (Fsp3) is 0.440. The standard InChI is InChI=1S/C25H32N6O3/c1-5-16-13-30(24(33)25(3,4)34)9-8-20(16)29-22-19(23(26)32)12-28-31-14-18(10-21(22)31)17-7-6-15(2)27-11-17/h6-7,10-12,14,16,20,29,34H,5,8-9,13H2,1-4H3,(H2,26,32)/t16-,20-/m1/s1. The molecule has 0 aromatic carbocycles. The summed E-state index contributed by atoms with van der Waals surface area (Å²) in [5.74, 6) is -0.680. The van der Waals surface area contributed by atoms with E-state index in [1.54, 1.807) is 9.42 Å². The van der Waals surface area contributed by atoms with Gasteiger partial charge in [0.15, 0.2) is 0 Å². The first-order valence-electron chi connectivity index (χ1n) is 11.6. The first-order chi connectivity index (χ1) is 16.1. The van der Waals surface area contributed by atoms with Gasteiger partial charge in [-0.2, -0.15) is 5.10 Å². The van der Waals surface area contributed by atoms with E-state index >= 15 is 0 Å². The lowest BCUT2D eigenvalue weighted by Crippen LogP contribution is -2.53. The number of amides is 2. The zero-order valence-electron chi connectivity index (χ0n) is 20.1. The van der Waals surface area contributed by atoms with Crippen molar-refractivity contribution < 1.29 is 14.7 Å². The van der Waals surface area contributed by atoms with E-state index in [0.29, 0.717) is 30.8 Å². The van der Waals surface area contributed by atoms with Crippen molar-refractivity contribution in [1.82, 2.24) is 19.5 Å². The van der Waals surface area contributed by atoms with E-state index in [9.17, 15) is 14.7 Å². The zero-order chi connectivity index (χ0) is 24.6. The van der Waals surface area contributed by atoms with Crippen LogP contribution in [0.5, 0.6) is 0 Å². The average Bonchev–Trinajstić information content (AvgIpc) is 3.23. The predicted octanol–water partition coefficient (Wildman–Crippen LogP) is 2.61. The summed E-state index contributed by atoms with van der Waals surface area (Å²) in [5, 5.41) is 18.1. The summed E-state index contributed by atoms with van der Waals surface area (Å²) in [6.07, 6.45) is 6.72. The fourth-order valence-corrected chi connectivity index (χ4v) is 4.58. The molecule has 3 aromatic rings. The molecule has 4 heterocycles. The number of anilines is 1. The Hall–Kier alpha value is -3.46. The van der Waals surface area contributed by atoms with Crippen LogP contribution >= 0.6 is 0 Å². The Morgan fingerprint density at radius 1 is 1.26 bits per heavy atom. The molecular weight excluding hydrogens is 432 g/mol. The second kappa shape index (κ2) is 9.06. The van der Waals surface area contributed by atoms with Gasteiger partial charge in [0.05, 0.1) is 23.0 Å². The van der Waals surface area contributed by atoms with Gasteiger partial charge in [-0.05, 0) is 51.7 Å². The van der Waals surface area contributed by atoms with E-state index in [4.69, 9.17) is 5.73 Å². The largest absolute Gasteiger partial charge is 0.381 e. The Morgan fingerprint density at radius 3 is 2.65 bits per heavy atom. The molecule has 9 heteroatoms.